The van der Waals surface area contributed by atoms with E-state index in [0.717, 1.165) is 106 Å². The lowest BCUT2D eigenvalue weighted by molar-refractivity contribution is 0.433. The summed E-state index contributed by atoms with van der Waals surface area (Å²) in [4.78, 5) is 23.7. The van der Waals surface area contributed by atoms with Crippen molar-refractivity contribution in [3.63, 3.8) is 0 Å². The standard InChI is InChI=1S/C24H32Br2N10S2/c1-13-5-9-34(10-6-13)21-28-15(3)17(25)19(30-21)37-23-32-33-24(36(23)27)38-20-18(26)16(4)29-22(31-20)35-11-7-14(2)8-12-35/h13-14H,5-12,27H2,1-4H3. The highest BCUT2D eigenvalue weighted by atomic mass is 79.9. The van der Waals surface area contributed by atoms with Crippen LogP contribution in [0.2, 0.25) is 0 Å². The molecule has 2 saturated heterocycles. The van der Waals surface area contributed by atoms with E-state index in [2.05, 4.69) is 65.7 Å². The Morgan fingerprint density at radius 2 is 1.05 bits per heavy atom. The van der Waals surface area contributed by atoms with Crippen LogP contribution in [0.25, 0.3) is 0 Å². The highest BCUT2D eigenvalue weighted by molar-refractivity contribution is 9.10. The SMILES string of the molecule is Cc1nc(N2CCC(C)CC2)nc(Sc2nnc(Sc3nc(N4CCC(C)CC4)nc(C)c3Br)n2N)c1Br. The number of nitrogens with two attached hydrogens (primary N) is 1. The van der Waals surface area contributed by atoms with Crippen LogP contribution in [0.5, 0.6) is 0 Å². The van der Waals surface area contributed by atoms with E-state index in [0.29, 0.717) is 10.3 Å². The molecule has 2 aliphatic rings. The molecule has 14 heteroatoms. The first-order valence-electron chi connectivity index (χ1n) is 12.8. The predicted molar refractivity (Wildman–Crippen MR) is 159 cm³/mol. The van der Waals surface area contributed by atoms with Gasteiger partial charge in [-0.25, -0.2) is 24.6 Å². The summed E-state index contributed by atoms with van der Waals surface area (Å²) < 4.78 is 3.17. The smallest absolute Gasteiger partial charge is 0.226 e. The van der Waals surface area contributed by atoms with Gasteiger partial charge in [-0.1, -0.05) is 13.8 Å². The summed E-state index contributed by atoms with van der Waals surface area (Å²) >= 11 is 10.1. The maximum Gasteiger partial charge on any atom is 0.226 e. The Kier molecular flexibility index (Phi) is 8.70. The van der Waals surface area contributed by atoms with Gasteiger partial charge < -0.3 is 15.6 Å². The van der Waals surface area contributed by atoms with Gasteiger partial charge in [0.2, 0.25) is 22.2 Å². The molecule has 204 valence electrons. The van der Waals surface area contributed by atoms with Crippen molar-refractivity contribution in [2.75, 3.05) is 41.8 Å². The number of hydrogen-bond acceptors (Lipinski definition) is 11. The van der Waals surface area contributed by atoms with Crippen LogP contribution < -0.4 is 15.6 Å². The topological polar surface area (TPSA) is 115 Å². The minimum atomic E-state index is 0.539. The van der Waals surface area contributed by atoms with E-state index in [1.165, 1.54) is 28.2 Å². The van der Waals surface area contributed by atoms with Crippen molar-refractivity contribution in [1.29, 1.82) is 0 Å². The molecule has 0 atom stereocenters. The fourth-order valence-corrected chi connectivity index (χ4v) is 6.95. The number of nitrogens with zero attached hydrogens (tertiary/aromatic N) is 9. The molecule has 0 saturated carbocycles. The second-order valence-corrected chi connectivity index (χ2v) is 13.6. The summed E-state index contributed by atoms with van der Waals surface area (Å²) in [5.41, 5.74) is 1.77. The zero-order chi connectivity index (χ0) is 27.0. The first-order valence-corrected chi connectivity index (χ1v) is 16.1. The van der Waals surface area contributed by atoms with Crippen LogP contribution in [0.1, 0.15) is 50.9 Å². The van der Waals surface area contributed by atoms with Gasteiger partial charge in [0.15, 0.2) is 0 Å². The Labute approximate surface area is 248 Å². The van der Waals surface area contributed by atoms with Gasteiger partial charge in [-0.2, -0.15) is 0 Å². The number of hydrogen-bond donors (Lipinski definition) is 1. The molecule has 3 aromatic heterocycles. The van der Waals surface area contributed by atoms with Gasteiger partial charge in [-0.3, -0.25) is 0 Å². The van der Waals surface area contributed by atoms with Gasteiger partial charge in [-0.05, 0) is 107 Å². The lowest BCUT2D eigenvalue weighted by atomic mass is 10.00. The number of nitrogen functional groups attached to an aromatic ring is 1. The molecule has 0 amide bonds. The number of aromatic nitrogens is 7. The van der Waals surface area contributed by atoms with Crippen molar-refractivity contribution in [2.45, 2.75) is 73.7 Å². The van der Waals surface area contributed by atoms with Gasteiger partial charge in [0.1, 0.15) is 10.1 Å². The van der Waals surface area contributed by atoms with E-state index in [4.69, 9.17) is 25.8 Å². The lowest BCUT2D eigenvalue weighted by Gasteiger charge is -2.30. The lowest BCUT2D eigenvalue weighted by Crippen LogP contribution is -2.34. The first-order chi connectivity index (χ1) is 18.2. The van der Waals surface area contributed by atoms with Crippen molar-refractivity contribution in [3.05, 3.63) is 20.3 Å². The van der Waals surface area contributed by atoms with Gasteiger partial charge in [0, 0.05) is 26.2 Å². The zero-order valence-electron chi connectivity index (χ0n) is 22.0. The number of piperidine rings is 2. The van der Waals surface area contributed by atoms with E-state index >= 15 is 0 Å². The normalized spacial score (nSPS) is 17.4. The summed E-state index contributed by atoms with van der Waals surface area (Å²) in [6.45, 7) is 12.4. The molecule has 0 aliphatic carbocycles. The van der Waals surface area contributed by atoms with E-state index in [9.17, 15) is 0 Å². The fourth-order valence-electron chi connectivity index (χ4n) is 4.45. The summed E-state index contributed by atoms with van der Waals surface area (Å²) in [6.07, 6.45) is 4.59. The molecule has 10 nitrogen and oxygen atoms in total. The van der Waals surface area contributed by atoms with Crippen molar-refractivity contribution < 1.29 is 0 Å². The summed E-state index contributed by atoms with van der Waals surface area (Å²) in [6, 6.07) is 0. The molecule has 0 unspecified atom stereocenters. The van der Waals surface area contributed by atoms with Crippen LogP contribution in [0.15, 0.2) is 29.3 Å². The van der Waals surface area contributed by atoms with E-state index in [1.807, 2.05) is 13.8 Å². The first kappa shape index (κ1) is 27.9. The highest BCUT2D eigenvalue weighted by Gasteiger charge is 2.24. The largest absolute Gasteiger partial charge is 0.341 e. The Morgan fingerprint density at radius 1 is 0.684 bits per heavy atom. The van der Waals surface area contributed by atoms with Gasteiger partial charge in [0.05, 0.1) is 20.3 Å². The van der Waals surface area contributed by atoms with Crippen LogP contribution in [-0.4, -0.2) is 61.0 Å². The Balaban J connectivity index is 1.36. The minimum Gasteiger partial charge on any atom is -0.341 e. The maximum absolute atomic E-state index is 6.48. The average molecular weight is 685 g/mol. The van der Waals surface area contributed by atoms with E-state index in [-0.39, 0.29) is 0 Å². The molecule has 0 bridgehead atoms. The molecule has 5 heterocycles. The van der Waals surface area contributed by atoms with Crippen LogP contribution >= 0.6 is 55.4 Å². The van der Waals surface area contributed by atoms with E-state index < -0.39 is 0 Å². The van der Waals surface area contributed by atoms with Crippen molar-refractivity contribution in [2.24, 2.45) is 11.8 Å². The quantitative estimate of drug-likeness (QED) is 0.263. The van der Waals surface area contributed by atoms with E-state index in [1.54, 1.807) is 0 Å². The molecule has 0 aromatic carbocycles. The molecule has 2 fully saturated rings. The second-order valence-electron chi connectivity index (χ2n) is 10.1. The molecule has 38 heavy (non-hydrogen) atoms. The zero-order valence-corrected chi connectivity index (χ0v) is 26.8. The Morgan fingerprint density at radius 3 is 1.42 bits per heavy atom. The molecular formula is C24H32Br2N10S2. The third kappa shape index (κ3) is 6.07. The van der Waals surface area contributed by atoms with Crippen LogP contribution in [0.3, 0.4) is 0 Å². The number of rotatable bonds is 6. The third-order valence-electron chi connectivity index (χ3n) is 7.09. The number of halogens is 2. The van der Waals surface area contributed by atoms with Gasteiger partial charge >= 0.3 is 0 Å². The van der Waals surface area contributed by atoms with Crippen LogP contribution in [0.4, 0.5) is 11.9 Å². The van der Waals surface area contributed by atoms with Crippen LogP contribution in [-0.2, 0) is 0 Å². The van der Waals surface area contributed by atoms with Gasteiger partial charge in [0.25, 0.3) is 0 Å². The molecule has 5 rings (SSSR count). The molecule has 0 radical (unpaired) electrons. The molecule has 0 spiro atoms. The van der Waals surface area contributed by atoms with Crippen LogP contribution in [0, 0.1) is 25.7 Å². The van der Waals surface area contributed by atoms with Crippen molar-refractivity contribution in [3.8, 4) is 0 Å². The average Bonchev–Trinajstić information content (AvgIpc) is 3.24. The van der Waals surface area contributed by atoms with Gasteiger partial charge in [-0.15, -0.1) is 10.2 Å². The summed E-state index contributed by atoms with van der Waals surface area (Å²) in [7, 11) is 0. The monoisotopic (exact) mass is 682 g/mol. The maximum atomic E-state index is 6.48. The fraction of sp³-hybridized carbons (Fsp3) is 0.583. The second kappa shape index (κ2) is 11.8. The Bertz CT molecular complexity index is 1210. The molecular weight excluding hydrogens is 652 g/mol. The highest BCUT2D eigenvalue weighted by Crippen LogP contribution is 2.38. The predicted octanol–water partition coefficient (Wildman–Crippen LogP) is 5.49. The minimum absolute atomic E-state index is 0.539. The number of aryl methyl sites for hydroxylation is 2. The van der Waals surface area contributed by atoms with Crippen molar-refractivity contribution in [1.82, 2.24) is 34.8 Å². The summed E-state index contributed by atoms with van der Waals surface area (Å²) in [5.74, 6) is 9.45. The molecule has 2 aliphatic heterocycles. The summed E-state index contributed by atoms with van der Waals surface area (Å²) in [5, 5.41) is 11.3. The van der Waals surface area contributed by atoms with Crippen molar-refractivity contribution >= 4 is 67.3 Å². The third-order valence-corrected chi connectivity index (χ3v) is 11.4. The Hall–Kier alpha value is -1.64. The number of anilines is 2. The molecule has 2 N–H and O–H groups in total. The molecule has 3 aromatic rings.